The molecule has 0 spiro atoms. The number of unbranched alkanes of at least 4 members (excludes halogenated alkanes) is 18. The Hall–Kier alpha value is -2.84. The normalized spacial score (nSPS) is 11.3. The van der Waals surface area contributed by atoms with Crippen molar-refractivity contribution >= 4 is 58.0 Å². The van der Waals surface area contributed by atoms with Crippen LogP contribution < -0.4 is 14.6 Å². The molecule has 0 aliphatic rings. The van der Waals surface area contributed by atoms with Crippen LogP contribution in [-0.4, -0.2) is 68.8 Å². The van der Waals surface area contributed by atoms with E-state index < -0.39 is 30.9 Å². The van der Waals surface area contributed by atoms with Crippen LogP contribution in [0.2, 0.25) is 0 Å². The Morgan fingerprint density at radius 1 is 0.508 bits per heavy atom. The zero-order chi connectivity index (χ0) is 43.6. The minimum Gasteiger partial charge on any atom is -0.872 e. The number of phenolic OH excluding ortho intramolecular Hbond substituents is 1. The van der Waals surface area contributed by atoms with Crippen LogP contribution >= 0.6 is 0 Å². The first-order valence-electron chi connectivity index (χ1n) is 21.9. The molecule has 2 N–H and O–H groups in total. The molecule has 10 nitrogen and oxygen atoms in total. The Kier molecular flexibility index (Phi) is 27.0. The number of hydrogen-bond acceptors (Lipinski definition) is 9. The third-order valence-electron chi connectivity index (χ3n) is 10.4. The summed E-state index contributed by atoms with van der Waals surface area (Å²) in [7, 11) is -9.17. The van der Waals surface area contributed by atoms with Crippen LogP contribution in [0.25, 0.3) is 0 Å². The number of aromatic hydroxyl groups is 1. The first-order chi connectivity index (χ1) is 28.8. The molecule has 4 aromatic rings. The van der Waals surface area contributed by atoms with E-state index in [-0.39, 0.29) is 59.9 Å². The van der Waals surface area contributed by atoms with Gasteiger partial charge in [-0.3, -0.25) is 4.55 Å². The van der Waals surface area contributed by atoms with Crippen LogP contribution in [0.5, 0.6) is 34.5 Å². The quantitative estimate of drug-likeness (QED) is 0.0317. The van der Waals surface area contributed by atoms with Crippen molar-refractivity contribution in [1.82, 2.24) is 0 Å². The second-order valence-corrected chi connectivity index (χ2v) is 18.2. The summed E-state index contributed by atoms with van der Waals surface area (Å²) < 4.78 is 78.2. The van der Waals surface area contributed by atoms with E-state index in [1.54, 1.807) is 36.4 Å². The molecule has 0 unspecified atom stereocenters. The molecule has 0 atom stereocenters. The molecule has 61 heavy (non-hydrogen) atoms. The molecule has 332 valence electrons. The monoisotopic (exact) mass is 906 g/mol. The Labute approximate surface area is 396 Å². The first kappa shape index (κ1) is 54.3. The SMILES string of the molecule is CCCCCCCCCCCCc1c(O)cc(S(=O)(=O)O)cc1Oc1ccccc1.CCCCCCCCCCCCc1c([O-])cc(S(=O)(=O)[O-])cc1Oc1ccccc1.[Ca+2]. The number of ether oxygens (including phenoxy) is 2. The van der Waals surface area contributed by atoms with Crippen molar-refractivity contribution in [1.29, 1.82) is 0 Å². The zero-order valence-corrected chi connectivity index (χ0v) is 40.2. The van der Waals surface area contributed by atoms with E-state index in [4.69, 9.17) is 9.47 Å². The minimum absolute atomic E-state index is 0. The summed E-state index contributed by atoms with van der Waals surface area (Å²) in [5, 5.41) is 22.9. The van der Waals surface area contributed by atoms with Gasteiger partial charge in [0, 0.05) is 17.7 Å². The van der Waals surface area contributed by atoms with Crippen LogP contribution in [0.4, 0.5) is 0 Å². The van der Waals surface area contributed by atoms with E-state index in [1.807, 2.05) is 24.3 Å². The van der Waals surface area contributed by atoms with Crippen molar-refractivity contribution in [3.8, 4) is 34.5 Å². The van der Waals surface area contributed by atoms with Crippen molar-refractivity contribution in [2.45, 2.75) is 165 Å². The third-order valence-corrected chi connectivity index (χ3v) is 12.0. The van der Waals surface area contributed by atoms with E-state index in [1.165, 1.54) is 102 Å². The van der Waals surface area contributed by atoms with Crippen LogP contribution in [0.3, 0.4) is 0 Å². The van der Waals surface area contributed by atoms with Crippen molar-refractivity contribution in [2.75, 3.05) is 0 Å². The predicted octanol–water partition coefficient (Wildman–Crippen LogP) is 12.4. The van der Waals surface area contributed by atoms with Crippen molar-refractivity contribution in [3.05, 3.63) is 96.1 Å². The van der Waals surface area contributed by atoms with Gasteiger partial charge < -0.3 is 24.2 Å². The van der Waals surface area contributed by atoms with Crippen LogP contribution in [0, 0.1) is 0 Å². The summed E-state index contributed by atoms with van der Waals surface area (Å²) >= 11 is 0. The second-order valence-electron chi connectivity index (χ2n) is 15.4. The van der Waals surface area contributed by atoms with E-state index in [2.05, 4.69) is 13.8 Å². The number of phenols is 1. The van der Waals surface area contributed by atoms with Crippen molar-refractivity contribution < 1.29 is 45.6 Å². The van der Waals surface area contributed by atoms with E-state index in [0.29, 0.717) is 35.5 Å². The summed E-state index contributed by atoms with van der Waals surface area (Å²) in [5.74, 6) is 0.792. The Bertz CT molecular complexity index is 1880. The number of benzene rings is 4. The molecule has 0 fully saturated rings. The van der Waals surface area contributed by atoms with Crippen molar-refractivity contribution in [3.63, 3.8) is 0 Å². The Morgan fingerprint density at radius 2 is 0.869 bits per heavy atom. The van der Waals surface area contributed by atoms with E-state index in [0.717, 1.165) is 50.7 Å². The molecule has 0 amide bonds. The average Bonchev–Trinajstić information content (AvgIpc) is 3.21. The average molecular weight is 907 g/mol. The van der Waals surface area contributed by atoms with Gasteiger partial charge in [-0.15, -0.1) is 5.75 Å². The van der Waals surface area contributed by atoms with Gasteiger partial charge in [-0.2, -0.15) is 8.42 Å². The summed E-state index contributed by atoms with van der Waals surface area (Å²) in [4.78, 5) is -0.928. The van der Waals surface area contributed by atoms with Crippen LogP contribution in [-0.2, 0) is 33.1 Å². The molecule has 0 aliphatic heterocycles. The van der Waals surface area contributed by atoms with Gasteiger partial charge in [-0.25, -0.2) is 8.42 Å². The molecule has 4 rings (SSSR count). The maximum absolute atomic E-state index is 12.5. The van der Waals surface area contributed by atoms with Gasteiger partial charge in [0.2, 0.25) is 0 Å². The predicted molar refractivity (Wildman–Crippen MR) is 242 cm³/mol. The van der Waals surface area contributed by atoms with E-state index >= 15 is 0 Å². The van der Waals surface area contributed by atoms with Gasteiger partial charge in [0.05, 0.1) is 4.90 Å². The maximum Gasteiger partial charge on any atom is 2.00 e. The Morgan fingerprint density at radius 3 is 1.26 bits per heavy atom. The maximum atomic E-state index is 12.5. The summed E-state index contributed by atoms with van der Waals surface area (Å²) in [6, 6.07) is 22.2. The minimum atomic E-state index is -4.73. The fraction of sp³-hybridized carbons (Fsp3) is 0.500. The molecule has 0 heterocycles. The van der Waals surface area contributed by atoms with Crippen LogP contribution in [0.1, 0.15) is 153 Å². The molecule has 13 heteroatoms. The van der Waals surface area contributed by atoms with Gasteiger partial charge in [-0.05, 0) is 61.6 Å². The molecule has 0 saturated carbocycles. The second kappa shape index (κ2) is 30.3. The molecular weight excluding hydrogens is 841 g/mol. The molecule has 0 saturated heterocycles. The fourth-order valence-electron chi connectivity index (χ4n) is 6.98. The van der Waals surface area contributed by atoms with E-state index in [9.17, 15) is 36.2 Å². The molecule has 0 radical (unpaired) electrons. The molecule has 4 aromatic carbocycles. The van der Waals surface area contributed by atoms with Crippen molar-refractivity contribution in [2.24, 2.45) is 0 Å². The zero-order valence-electron chi connectivity index (χ0n) is 36.3. The third kappa shape index (κ3) is 21.9. The Balaban J connectivity index is 0.000000413. The van der Waals surface area contributed by atoms with Gasteiger partial charge in [-0.1, -0.05) is 172 Å². The fourth-order valence-corrected chi connectivity index (χ4v) is 8.00. The molecule has 0 aromatic heterocycles. The standard InChI is InChI=1S/2C24H34O5S.Ca/c2*1-2-3-4-5-6-7-8-9-10-14-17-22-23(25)18-21(30(26,27)28)19-24(22)29-20-15-12-11-13-16-20;/h2*11-13,15-16,18-19,25H,2-10,14,17H2,1H3,(H,26,27,28);/q;;+2/p-2. The summed E-state index contributed by atoms with van der Waals surface area (Å²) in [6.45, 7) is 4.45. The molecule has 0 bridgehead atoms. The molecule has 0 aliphatic carbocycles. The number of rotatable bonds is 28. The topological polar surface area (TPSA) is 173 Å². The van der Waals surface area contributed by atoms with Gasteiger partial charge in [0.25, 0.3) is 10.1 Å². The first-order valence-corrected chi connectivity index (χ1v) is 24.8. The summed E-state index contributed by atoms with van der Waals surface area (Å²) in [6.07, 6.45) is 25.0. The smallest absolute Gasteiger partial charge is 0.872 e. The number of para-hydroxylation sites is 2. The molecular formula is C48H66CaO10S2. The van der Waals surface area contributed by atoms with Crippen LogP contribution in [0.15, 0.2) is 94.7 Å². The van der Waals surface area contributed by atoms with Gasteiger partial charge >= 0.3 is 37.7 Å². The summed E-state index contributed by atoms with van der Waals surface area (Å²) in [5.41, 5.74) is 0.983. The van der Waals surface area contributed by atoms with Gasteiger partial charge in [0.1, 0.15) is 43.8 Å². The largest absolute Gasteiger partial charge is 2.00 e. The number of hydrogen-bond donors (Lipinski definition) is 2. The van der Waals surface area contributed by atoms with Gasteiger partial charge in [0.15, 0.2) is 0 Å².